The highest BCUT2D eigenvalue weighted by molar-refractivity contribution is 5.84. The summed E-state index contributed by atoms with van der Waals surface area (Å²) in [6.07, 6.45) is 0.453. The van der Waals surface area contributed by atoms with E-state index >= 15 is 0 Å². The lowest BCUT2D eigenvalue weighted by Gasteiger charge is -2.19. The molecule has 0 aromatic heterocycles. The van der Waals surface area contributed by atoms with Gasteiger partial charge in [0.25, 0.3) is 0 Å². The quantitative estimate of drug-likeness (QED) is 0.901. The molecular weight excluding hydrogens is 246 g/mol. The average molecular weight is 267 g/mol. The molecule has 2 heteroatoms. The first-order valence-corrected chi connectivity index (χ1v) is 6.97. The Labute approximate surface area is 120 Å². The minimum atomic E-state index is -0.243. The molecule has 0 radical (unpaired) electrons. The van der Waals surface area contributed by atoms with Gasteiger partial charge in [-0.25, -0.2) is 0 Å². The molecule has 2 atom stereocenters. The van der Waals surface area contributed by atoms with Gasteiger partial charge in [-0.15, -0.1) is 0 Å². The van der Waals surface area contributed by atoms with Crippen molar-refractivity contribution in [2.45, 2.75) is 26.3 Å². The maximum Gasteiger partial charge on any atom is 0.141 e. The summed E-state index contributed by atoms with van der Waals surface area (Å²) in [4.78, 5) is 12.4. The zero-order valence-electron chi connectivity index (χ0n) is 12.0. The molecule has 20 heavy (non-hydrogen) atoms. The number of Topliss-reactive ketones (excluding diaryl/α,β-unsaturated/α-hetero) is 1. The lowest BCUT2D eigenvalue weighted by atomic mass is 9.88. The maximum atomic E-state index is 12.4. The van der Waals surface area contributed by atoms with E-state index in [0.717, 1.165) is 16.7 Å². The first kappa shape index (κ1) is 14.5. The SMILES string of the molecule is Cc1ccccc1CC(=O)C(C)C(N)c1ccccc1. The van der Waals surface area contributed by atoms with Gasteiger partial charge >= 0.3 is 0 Å². The van der Waals surface area contributed by atoms with Crippen LogP contribution in [0.25, 0.3) is 0 Å². The van der Waals surface area contributed by atoms with Crippen LogP contribution in [0.4, 0.5) is 0 Å². The number of carbonyl (C=O) groups is 1. The molecule has 0 bridgehead atoms. The third-order valence-electron chi connectivity index (χ3n) is 3.86. The molecule has 0 fully saturated rings. The summed E-state index contributed by atoms with van der Waals surface area (Å²) in [6, 6.07) is 17.6. The van der Waals surface area contributed by atoms with Gasteiger partial charge in [-0.1, -0.05) is 61.5 Å². The van der Waals surface area contributed by atoms with Crippen LogP contribution in [0, 0.1) is 12.8 Å². The molecule has 0 heterocycles. The van der Waals surface area contributed by atoms with E-state index in [4.69, 9.17) is 5.73 Å². The Kier molecular flexibility index (Phi) is 4.70. The molecule has 0 aliphatic carbocycles. The monoisotopic (exact) mass is 267 g/mol. The molecule has 0 saturated carbocycles. The molecule has 0 saturated heterocycles. The van der Waals surface area contributed by atoms with Crippen molar-refractivity contribution in [1.29, 1.82) is 0 Å². The van der Waals surface area contributed by atoms with Crippen LogP contribution in [0.2, 0.25) is 0 Å². The predicted octanol–water partition coefficient (Wildman–Crippen LogP) is 3.44. The molecule has 2 unspecified atom stereocenters. The van der Waals surface area contributed by atoms with E-state index < -0.39 is 0 Å². The van der Waals surface area contributed by atoms with Gasteiger partial charge in [0.2, 0.25) is 0 Å². The smallest absolute Gasteiger partial charge is 0.141 e. The second-order valence-corrected chi connectivity index (χ2v) is 5.29. The first-order chi connectivity index (χ1) is 9.59. The molecular formula is C18H21NO. The number of carbonyl (C=O) groups excluding carboxylic acids is 1. The summed E-state index contributed by atoms with van der Waals surface area (Å²) in [6.45, 7) is 3.95. The molecule has 2 N–H and O–H groups in total. The van der Waals surface area contributed by atoms with Gasteiger partial charge in [-0.3, -0.25) is 4.79 Å². The Bertz CT molecular complexity index is 577. The van der Waals surface area contributed by atoms with Crippen LogP contribution in [0.5, 0.6) is 0 Å². The van der Waals surface area contributed by atoms with Crippen molar-refractivity contribution in [3.8, 4) is 0 Å². The highest BCUT2D eigenvalue weighted by Crippen LogP contribution is 2.21. The summed E-state index contributed by atoms with van der Waals surface area (Å²) < 4.78 is 0. The Morgan fingerprint density at radius 2 is 1.65 bits per heavy atom. The van der Waals surface area contributed by atoms with Gasteiger partial charge in [0.1, 0.15) is 5.78 Å². The van der Waals surface area contributed by atoms with Gasteiger partial charge in [0, 0.05) is 18.4 Å². The zero-order chi connectivity index (χ0) is 14.5. The molecule has 2 rings (SSSR count). The summed E-state index contributed by atoms with van der Waals surface area (Å²) in [5.74, 6) is 0.00709. The molecule has 2 nitrogen and oxygen atoms in total. The van der Waals surface area contributed by atoms with E-state index in [1.54, 1.807) is 0 Å². The second kappa shape index (κ2) is 6.49. The highest BCUT2D eigenvalue weighted by Gasteiger charge is 2.22. The first-order valence-electron chi connectivity index (χ1n) is 6.97. The Balaban J connectivity index is 2.08. The fraction of sp³-hybridized carbons (Fsp3) is 0.278. The Morgan fingerprint density at radius 1 is 1.05 bits per heavy atom. The van der Waals surface area contributed by atoms with Crippen molar-refractivity contribution in [1.82, 2.24) is 0 Å². The van der Waals surface area contributed by atoms with Gasteiger partial charge in [-0.05, 0) is 23.6 Å². The Morgan fingerprint density at radius 3 is 2.30 bits per heavy atom. The second-order valence-electron chi connectivity index (χ2n) is 5.29. The summed E-state index contributed by atoms with van der Waals surface area (Å²) >= 11 is 0. The fourth-order valence-corrected chi connectivity index (χ4v) is 2.32. The van der Waals surface area contributed by atoms with Crippen LogP contribution < -0.4 is 5.73 Å². The summed E-state index contributed by atoms with van der Waals surface area (Å²) in [5, 5.41) is 0. The van der Waals surface area contributed by atoms with Crippen LogP contribution in [-0.2, 0) is 11.2 Å². The van der Waals surface area contributed by atoms with Crippen LogP contribution in [0.1, 0.15) is 29.7 Å². The van der Waals surface area contributed by atoms with Crippen molar-refractivity contribution < 1.29 is 4.79 Å². The molecule has 0 aliphatic heterocycles. The van der Waals surface area contributed by atoms with Crippen molar-refractivity contribution in [2.75, 3.05) is 0 Å². The van der Waals surface area contributed by atoms with Crippen LogP contribution >= 0.6 is 0 Å². The van der Waals surface area contributed by atoms with Crippen LogP contribution in [0.3, 0.4) is 0 Å². The van der Waals surface area contributed by atoms with E-state index in [9.17, 15) is 4.79 Å². The minimum absolute atomic E-state index is 0.183. The lowest BCUT2D eigenvalue weighted by molar-refractivity contribution is -0.122. The third kappa shape index (κ3) is 3.34. The number of rotatable bonds is 5. The fourth-order valence-electron chi connectivity index (χ4n) is 2.32. The highest BCUT2D eigenvalue weighted by atomic mass is 16.1. The van der Waals surface area contributed by atoms with Crippen molar-refractivity contribution in [2.24, 2.45) is 11.7 Å². The number of nitrogens with two attached hydrogens (primary N) is 1. The lowest BCUT2D eigenvalue weighted by Crippen LogP contribution is -2.27. The zero-order valence-corrected chi connectivity index (χ0v) is 12.0. The Hall–Kier alpha value is -1.93. The van der Waals surface area contributed by atoms with Crippen molar-refractivity contribution in [3.63, 3.8) is 0 Å². The largest absolute Gasteiger partial charge is 0.323 e. The summed E-state index contributed by atoms with van der Waals surface area (Å²) in [5.41, 5.74) is 9.46. The predicted molar refractivity (Wildman–Crippen MR) is 82.4 cm³/mol. The van der Waals surface area contributed by atoms with E-state index in [-0.39, 0.29) is 17.7 Å². The van der Waals surface area contributed by atoms with E-state index in [0.29, 0.717) is 6.42 Å². The van der Waals surface area contributed by atoms with Gasteiger partial charge in [-0.2, -0.15) is 0 Å². The van der Waals surface area contributed by atoms with Gasteiger partial charge < -0.3 is 5.73 Å². The average Bonchev–Trinajstić information content (AvgIpc) is 2.49. The van der Waals surface area contributed by atoms with Crippen molar-refractivity contribution in [3.05, 3.63) is 71.3 Å². The van der Waals surface area contributed by atoms with Crippen LogP contribution in [0.15, 0.2) is 54.6 Å². The summed E-state index contributed by atoms with van der Waals surface area (Å²) in [7, 11) is 0. The van der Waals surface area contributed by atoms with E-state index in [1.807, 2.05) is 68.4 Å². The maximum absolute atomic E-state index is 12.4. The minimum Gasteiger partial charge on any atom is -0.323 e. The normalized spacial score (nSPS) is 13.8. The molecule has 2 aromatic rings. The standard InChI is InChI=1S/C18H21NO/c1-13-8-6-7-11-16(13)12-17(20)14(2)18(19)15-9-4-3-5-10-15/h3-11,14,18H,12,19H2,1-2H3. The topological polar surface area (TPSA) is 43.1 Å². The molecule has 0 spiro atoms. The number of ketones is 1. The number of aryl methyl sites for hydroxylation is 1. The van der Waals surface area contributed by atoms with E-state index in [1.165, 1.54) is 0 Å². The molecule has 0 amide bonds. The number of hydrogen-bond donors (Lipinski definition) is 1. The third-order valence-corrected chi connectivity index (χ3v) is 3.86. The van der Waals surface area contributed by atoms with Gasteiger partial charge in [0.15, 0.2) is 0 Å². The molecule has 104 valence electrons. The van der Waals surface area contributed by atoms with Crippen LogP contribution in [-0.4, -0.2) is 5.78 Å². The van der Waals surface area contributed by atoms with E-state index in [2.05, 4.69) is 0 Å². The molecule has 0 aliphatic rings. The molecule has 2 aromatic carbocycles. The van der Waals surface area contributed by atoms with Crippen molar-refractivity contribution >= 4 is 5.78 Å². The van der Waals surface area contributed by atoms with Gasteiger partial charge in [0.05, 0.1) is 0 Å². The number of benzene rings is 2. The number of hydrogen-bond acceptors (Lipinski definition) is 2.